The van der Waals surface area contributed by atoms with E-state index in [2.05, 4.69) is 5.32 Å². The van der Waals surface area contributed by atoms with Gasteiger partial charge in [-0.15, -0.1) is 0 Å². The topological polar surface area (TPSA) is 58.4 Å². The standard InChI is InChI=1S/C18H19F2N3O/c19-13-6-7-15(20)17(8-13)22-18(24)11-23-9-14(16(21)10-23)12-4-2-1-3-5-12/h1-8,14,16H,9-11,21H2,(H,22,24)/t14-,16+/m0/s1. The molecule has 1 fully saturated rings. The van der Waals surface area contributed by atoms with E-state index in [-0.39, 0.29) is 30.1 Å². The van der Waals surface area contributed by atoms with Crippen molar-refractivity contribution in [2.45, 2.75) is 12.0 Å². The van der Waals surface area contributed by atoms with Crippen LogP contribution in [0.15, 0.2) is 48.5 Å². The van der Waals surface area contributed by atoms with Crippen molar-refractivity contribution in [3.8, 4) is 0 Å². The Hall–Kier alpha value is -2.31. The molecule has 3 rings (SSSR count). The summed E-state index contributed by atoms with van der Waals surface area (Å²) < 4.78 is 26.7. The highest BCUT2D eigenvalue weighted by molar-refractivity contribution is 5.92. The summed E-state index contributed by atoms with van der Waals surface area (Å²) in [6.07, 6.45) is 0. The summed E-state index contributed by atoms with van der Waals surface area (Å²) in [5, 5.41) is 2.41. The molecule has 0 aliphatic carbocycles. The van der Waals surface area contributed by atoms with Crippen LogP contribution in [0.3, 0.4) is 0 Å². The smallest absolute Gasteiger partial charge is 0.238 e. The molecule has 1 aliphatic rings. The third-order valence-electron chi connectivity index (χ3n) is 4.24. The second-order valence-electron chi connectivity index (χ2n) is 6.05. The van der Waals surface area contributed by atoms with E-state index in [0.29, 0.717) is 13.1 Å². The van der Waals surface area contributed by atoms with Gasteiger partial charge >= 0.3 is 0 Å². The summed E-state index contributed by atoms with van der Waals surface area (Å²) in [4.78, 5) is 14.0. The van der Waals surface area contributed by atoms with Gasteiger partial charge in [0.15, 0.2) is 0 Å². The number of hydrogen-bond donors (Lipinski definition) is 2. The van der Waals surface area contributed by atoms with E-state index in [1.807, 2.05) is 35.2 Å². The van der Waals surface area contributed by atoms with Gasteiger partial charge in [0.2, 0.25) is 5.91 Å². The predicted octanol–water partition coefficient (Wildman–Crippen LogP) is 2.33. The molecule has 126 valence electrons. The summed E-state index contributed by atoms with van der Waals surface area (Å²) in [6.45, 7) is 1.33. The first kappa shape index (κ1) is 16.5. The number of carbonyl (C=O) groups is 1. The normalized spacial score (nSPS) is 21.0. The second kappa shape index (κ2) is 7.07. The number of nitrogens with one attached hydrogen (secondary N) is 1. The Balaban J connectivity index is 1.60. The minimum atomic E-state index is -0.662. The molecule has 2 atom stereocenters. The highest BCUT2D eigenvalue weighted by Gasteiger charge is 2.32. The van der Waals surface area contributed by atoms with E-state index in [1.54, 1.807) is 0 Å². The number of halogens is 2. The molecule has 2 aromatic carbocycles. The van der Waals surface area contributed by atoms with Crippen LogP contribution in [0.5, 0.6) is 0 Å². The van der Waals surface area contributed by atoms with E-state index in [0.717, 1.165) is 23.8 Å². The molecule has 6 heteroatoms. The molecule has 0 aromatic heterocycles. The van der Waals surface area contributed by atoms with Crippen LogP contribution in [0, 0.1) is 11.6 Å². The average molecular weight is 331 g/mol. The van der Waals surface area contributed by atoms with Crippen LogP contribution in [0.1, 0.15) is 11.5 Å². The van der Waals surface area contributed by atoms with Gasteiger partial charge in [0.25, 0.3) is 0 Å². The lowest BCUT2D eigenvalue weighted by Crippen LogP contribution is -2.34. The Morgan fingerprint density at radius 1 is 1.17 bits per heavy atom. The number of amides is 1. The monoisotopic (exact) mass is 331 g/mol. The molecule has 24 heavy (non-hydrogen) atoms. The Labute approximate surface area is 139 Å². The number of hydrogen-bond acceptors (Lipinski definition) is 3. The Bertz CT molecular complexity index is 723. The summed E-state index contributed by atoms with van der Waals surface area (Å²) in [5.41, 5.74) is 7.18. The molecule has 1 amide bonds. The van der Waals surface area contributed by atoms with Gasteiger partial charge < -0.3 is 11.1 Å². The van der Waals surface area contributed by atoms with Crippen LogP contribution >= 0.6 is 0 Å². The van der Waals surface area contributed by atoms with Crippen molar-refractivity contribution in [3.05, 3.63) is 65.7 Å². The van der Waals surface area contributed by atoms with Gasteiger partial charge in [-0.05, 0) is 17.7 Å². The maximum Gasteiger partial charge on any atom is 0.238 e. The van der Waals surface area contributed by atoms with E-state index in [9.17, 15) is 13.6 Å². The van der Waals surface area contributed by atoms with Crippen LogP contribution in [0.2, 0.25) is 0 Å². The van der Waals surface area contributed by atoms with Crippen LogP contribution in [0.4, 0.5) is 14.5 Å². The van der Waals surface area contributed by atoms with Gasteiger partial charge in [-0.1, -0.05) is 30.3 Å². The zero-order valence-corrected chi connectivity index (χ0v) is 13.1. The fourth-order valence-corrected chi connectivity index (χ4v) is 3.08. The zero-order valence-electron chi connectivity index (χ0n) is 13.1. The predicted molar refractivity (Wildman–Crippen MR) is 88.6 cm³/mol. The number of benzene rings is 2. The molecular weight excluding hydrogens is 312 g/mol. The number of rotatable bonds is 4. The SMILES string of the molecule is N[C@@H]1CN(CC(=O)Nc2cc(F)ccc2F)C[C@H]1c1ccccc1. The molecule has 0 bridgehead atoms. The van der Waals surface area contributed by atoms with Crippen molar-refractivity contribution in [2.24, 2.45) is 5.73 Å². The number of nitrogens with two attached hydrogens (primary N) is 1. The summed E-state index contributed by atoms with van der Waals surface area (Å²) in [7, 11) is 0. The molecular formula is C18H19F2N3O. The molecule has 1 saturated heterocycles. The maximum absolute atomic E-state index is 13.6. The van der Waals surface area contributed by atoms with Crippen LogP contribution in [0.25, 0.3) is 0 Å². The lowest BCUT2D eigenvalue weighted by molar-refractivity contribution is -0.117. The maximum atomic E-state index is 13.6. The third kappa shape index (κ3) is 3.77. The number of likely N-dealkylation sites (tertiary alicyclic amines) is 1. The van der Waals surface area contributed by atoms with Gasteiger partial charge in [-0.25, -0.2) is 8.78 Å². The minimum absolute atomic E-state index is 0.0638. The molecule has 0 saturated carbocycles. The highest BCUT2D eigenvalue weighted by atomic mass is 19.1. The first-order chi connectivity index (χ1) is 11.5. The number of nitrogens with zero attached hydrogens (tertiary/aromatic N) is 1. The van der Waals surface area contributed by atoms with Gasteiger partial charge in [0.05, 0.1) is 12.2 Å². The largest absolute Gasteiger partial charge is 0.326 e. The lowest BCUT2D eigenvalue weighted by Gasteiger charge is -2.16. The second-order valence-corrected chi connectivity index (χ2v) is 6.05. The quantitative estimate of drug-likeness (QED) is 0.904. The van der Waals surface area contributed by atoms with E-state index < -0.39 is 11.6 Å². The number of anilines is 1. The minimum Gasteiger partial charge on any atom is -0.326 e. The van der Waals surface area contributed by atoms with E-state index >= 15 is 0 Å². The molecule has 1 aliphatic heterocycles. The Morgan fingerprint density at radius 2 is 1.92 bits per heavy atom. The van der Waals surface area contributed by atoms with E-state index in [4.69, 9.17) is 5.73 Å². The van der Waals surface area contributed by atoms with Gasteiger partial charge in [-0.2, -0.15) is 0 Å². The first-order valence-electron chi connectivity index (χ1n) is 7.80. The van der Waals surface area contributed by atoms with Crippen molar-refractivity contribution in [3.63, 3.8) is 0 Å². The Morgan fingerprint density at radius 3 is 2.67 bits per heavy atom. The molecule has 1 heterocycles. The van der Waals surface area contributed by atoms with Gasteiger partial charge in [-0.3, -0.25) is 9.69 Å². The van der Waals surface area contributed by atoms with E-state index in [1.165, 1.54) is 0 Å². The van der Waals surface area contributed by atoms with Crippen molar-refractivity contribution in [1.29, 1.82) is 0 Å². The highest BCUT2D eigenvalue weighted by Crippen LogP contribution is 2.26. The summed E-state index contributed by atoms with van der Waals surface area (Å²) in [5.74, 6) is -1.49. The fourth-order valence-electron chi connectivity index (χ4n) is 3.08. The summed E-state index contributed by atoms with van der Waals surface area (Å²) >= 11 is 0. The van der Waals surface area contributed by atoms with Crippen LogP contribution in [-0.2, 0) is 4.79 Å². The molecule has 0 spiro atoms. The number of carbonyl (C=O) groups excluding carboxylic acids is 1. The summed E-state index contributed by atoms with van der Waals surface area (Å²) in [6, 6.07) is 12.8. The van der Waals surface area contributed by atoms with Crippen LogP contribution in [-0.4, -0.2) is 36.5 Å². The molecule has 0 unspecified atom stereocenters. The van der Waals surface area contributed by atoms with Crippen molar-refractivity contribution in [1.82, 2.24) is 4.90 Å². The molecule has 4 nitrogen and oxygen atoms in total. The lowest BCUT2D eigenvalue weighted by atomic mass is 9.95. The first-order valence-corrected chi connectivity index (χ1v) is 7.80. The van der Waals surface area contributed by atoms with Crippen molar-refractivity contribution < 1.29 is 13.6 Å². The van der Waals surface area contributed by atoms with Crippen molar-refractivity contribution >= 4 is 11.6 Å². The van der Waals surface area contributed by atoms with Gasteiger partial charge in [0, 0.05) is 31.1 Å². The van der Waals surface area contributed by atoms with Crippen LogP contribution < -0.4 is 11.1 Å². The molecule has 3 N–H and O–H groups in total. The average Bonchev–Trinajstić information content (AvgIpc) is 2.92. The zero-order chi connectivity index (χ0) is 17.1. The van der Waals surface area contributed by atoms with Crippen molar-refractivity contribution in [2.75, 3.05) is 25.0 Å². The fraction of sp³-hybridized carbons (Fsp3) is 0.278. The molecule has 0 radical (unpaired) electrons. The molecule has 2 aromatic rings. The Kier molecular flexibility index (Phi) is 4.87. The van der Waals surface area contributed by atoms with Gasteiger partial charge in [0.1, 0.15) is 11.6 Å². The third-order valence-corrected chi connectivity index (χ3v) is 4.24.